The molecule has 35 heavy (non-hydrogen) atoms. The Balaban J connectivity index is 1.61. The molecule has 2 aromatic carbocycles. The van der Waals surface area contributed by atoms with E-state index in [4.69, 9.17) is 4.74 Å². The van der Waals surface area contributed by atoms with Gasteiger partial charge in [0.15, 0.2) is 0 Å². The third-order valence-electron chi connectivity index (χ3n) is 7.63. The number of hydrogen-bond donors (Lipinski definition) is 0. The summed E-state index contributed by atoms with van der Waals surface area (Å²) in [5.74, 6) is -2.45. The Kier molecular flexibility index (Phi) is 5.14. The number of fused-ring (bicyclic) bond motifs is 1. The van der Waals surface area contributed by atoms with E-state index in [1.165, 1.54) is 12.1 Å². The summed E-state index contributed by atoms with van der Waals surface area (Å²) in [4.78, 5) is 44.2. The summed E-state index contributed by atoms with van der Waals surface area (Å²) in [6.45, 7) is 6.49. The second kappa shape index (κ2) is 7.65. The number of aryl methyl sites for hydroxylation is 2. The van der Waals surface area contributed by atoms with Gasteiger partial charge >= 0.3 is 6.18 Å². The SMILES string of the molecule is Cc1cc(C)cc(N2C(=O)[C@@H]3[C@](C)(C2=O)[C@]3(C(=O)N2CCOCC2)c2ccc(C(F)(F)F)cc2)c1. The zero-order valence-electron chi connectivity index (χ0n) is 19.6. The van der Waals surface area contributed by atoms with Crippen LogP contribution in [-0.4, -0.2) is 48.9 Å². The van der Waals surface area contributed by atoms with Crippen LogP contribution in [0.3, 0.4) is 0 Å². The molecule has 0 bridgehead atoms. The molecule has 9 heteroatoms. The van der Waals surface area contributed by atoms with Gasteiger partial charge in [0.25, 0.3) is 0 Å². The van der Waals surface area contributed by atoms with Crippen molar-refractivity contribution < 1.29 is 32.3 Å². The average Bonchev–Trinajstić information content (AvgIpc) is 3.32. The van der Waals surface area contributed by atoms with E-state index in [2.05, 4.69) is 0 Å². The minimum absolute atomic E-state index is 0.247. The molecule has 2 aromatic rings. The van der Waals surface area contributed by atoms with Crippen molar-refractivity contribution in [1.82, 2.24) is 4.90 Å². The predicted octanol–water partition coefficient (Wildman–Crippen LogP) is 3.63. The lowest BCUT2D eigenvalue weighted by atomic mass is 9.82. The summed E-state index contributed by atoms with van der Waals surface area (Å²) in [7, 11) is 0. The lowest BCUT2D eigenvalue weighted by Crippen LogP contribution is -2.52. The largest absolute Gasteiger partial charge is 0.416 e. The summed E-state index contributed by atoms with van der Waals surface area (Å²) in [6, 6.07) is 9.65. The van der Waals surface area contributed by atoms with Crippen LogP contribution in [0.5, 0.6) is 0 Å². The summed E-state index contributed by atoms with van der Waals surface area (Å²) in [5.41, 5.74) is -1.38. The number of ether oxygens (including phenoxy) is 1. The third-order valence-corrected chi connectivity index (χ3v) is 7.63. The summed E-state index contributed by atoms with van der Waals surface area (Å²) in [5, 5.41) is 0. The normalized spacial score (nSPS) is 28.3. The number of piperidine rings is 1. The highest BCUT2D eigenvalue weighted by molar-refractivity contribution is 6.32. The minimum atomic E-state index is -4.55. The van der Waals surface area contributed by atoms with Crippen molar-refractivity contribution in [3.63, 3.8) is 0 Å². The number of amides is 3. The lowest BCUT2D eigenvalue weighted by Gasteiger charge is -2.35. The molecule has 184 valence electrons. The average molecular weight is 486 g/mol. The molecule has 0 unspecified atom stereocenters. The molecule has 2 aliphatic heterocycles. The molecule has 3 amide bonds. The van der Waals surface area contributed by atoms with Crippen molar-refractivity contribution in [3.05, 3.63) is 64.7 Å². The van der Waals surface area contributed by atoms with Gasteiger partial charge in [0.1, 0.15) is 5.41 Å². The number of alkyl halides is 3. The second-order valence-electron chi connectivity index (χ2n) is 9.75. The highest BCUT2D eigenvalue weighted by Crippen LogP contribution is 2.74. The van der Waals surface area contributed by atoms with E-state index in [1.54, 1.807) is 24.0 Å². The van der Waals surface area contributed by atoms with E-state index in [-0.39, 0.29) is 18.7 Å². The van der Waals surface area contributed by atoms with Gasteiger partial charge in [-0.05, 0) is 61.7 Å². The van der Waals surface area contributed by atoms with Crippen molar-refractivity contribution in [3.8, 4) is 0 Å². The number of anilines is 1. The second-order valence-corrected chi connectivity index (χ2v) is 9.75. The Labute approximate surface area is 200 Å². The fraction of sp³-hybridized carbons (Fsp3) is 0.423. The van der Waals surface area contributed by atoms with E-state index >= 15 is 0 Å². The van der Waals surface area contributed by atoms with Crippen LogP contribution in [0.15, 0.2) is 42.5 Å². The van der Waals surface area contributed by atoms with Crippen molar-refractivity contribution >= 4 is 23.4 Å². The molecule has 6 nitrogen and oxygen atoms in total. The van der Waals surface area contributed by atoms with Gasteiger partial charge in [-0.25, -0.2) is 4.90 Å². The van der Waals surface area contributed by atoms with E-state index in [1.807, 2.05) is 19.9 Å². The van der Waals surface area contributed by atoms with Crippen LogP contribution in [0.1, 0.15) is 29.2 Å². The highest BCUT2D eigenvalue weighted by Gasteiger charge is 2.90. The molecular formula is C26H25F3N2O4. The van der Waals surface area contributed by atoms with Crippen LogP contribution < -0.4 is 4.90 Å². The van der Waals surface area contributed by atoms with Crippen molar-refractivity contribution in [2.75, 3.05) is 31.2 Å². The van der Waals surface area contributed by atoms with E-state index < -0.39 is 46.2 Å². The fourth-order valence-corrected chi connectivity index (χ4v) is 6.00. The minimum Gasteiger partial charge on any atom is -0.378 e. The zero-order valence-corrected chi connectivity index (χ0v) is 19.6. The first-order valence-electron chi connectivity index (χ1n) is 11.5. The van der Waals surface area contributed by atoms with Gasteiger partial charge in [0, 0.05) is 13.1 Å². The van der Waals surface area contributed by atoms with Crippen LogP contribution in [-0.2, 0) is 30.7 Å². The van der Waals surface area contributed by atoms with Crippen LogP contribution in [0, 0.1) is 25.2 Å². The van der Waals surface area contributed by atoms with Gasteiger partial charge in [-0.1, -0.05) is 18.2 Å². The van der Waals surface area contributed by atoms with Crippen molar-refractivity contribution in [2.24, 2.45) is 11.3 Å². The Bertz CT molecular complexity index is 1220. The first kappa shape index (κ1) is 23.5. The number of carbonyl (C=O) groups excluding carboxylic acids is 3. The molecule has 0 radical (unpaired) electrons. The fourth-order valence-electron chi connectivity index (χ4n) is 6.00. The topological polar surface area (TPSA) is 66.9 Å². The number of hydrogen-bond acceptors (Lipinski definition) is 4. The zero-order chi connectivity index (χ0) is 25.3. The number of morpholine rings is 1. The number of carbonyl (C=O) groups is 3. The molecular weight excluding hydrogens is 461 g/mol. The summed E-state index contributed by atoms with van der Waals surface area (Å²) < 4.78 is 45.0. The number of benzene rings is 2. The molecule has 0 aromatic heterocycles. The molecule has 5 rings (SSSR count). The van der Waals surface area contributed by atoms with E-state index in [9.17, 15) is 27.6 Å². The number of nitrogens with zero attached hydrogens (tertiary/aromatic N) is 2. The number of rotatable bonds is 3. The molecule has 1 saturated carbocycles. The van der Waals surface area contributed by atoms with Crippen molar-refractivity contribution in [2.45, 2.75) is 32.4 Å². The van der Waals surface area contributed by atoms with Gasteiger partial charge < -0.3 is 9.64 Å². The monoisotopic (exact) mass is 486 g/mol. The number of imide groups is 1. The van der Waals surface area contributed by atoms with Crippen LogP contribution in [0.25, 0.3) is 0 Å². The molecule has 3 atom stereocenters. The molecule has 3 aliphatic rings. The summed E-state index contributed by atoms with van der Waals surface area (Å²) >= 11 is 0. The summed E-state index contributed by atoms with van der Waals surface area (Å²) in [6.07, 6.45) is -4.55. The van der Waals surface area contributed by atoms with E-state index in [0.29, 0.717) is 18.9 Å². The van der Waals surface area contributed by atoms with Gasteiger partial charge in [-0.2, -0.15) is 13.2 Å². The maximum atomic E-state index is 14.0. The first-order chi connectivity index (χ1) is 16.4. The Morgan fingerprint density at radius 3 is 2.06 bits per heavy atom. The third kappa shape index (κ3) is 3.17. The van der Waals surface area contributed by atoms with Crippen LogP contribution in [0.4, 0.5) is 18.9 Å². The Morgan fingerprint density at radius 1 is 1.00 bits per heavy atom. The Hall–Kier alpha value is -3.20. The molecule has 3 fully saturated rings. The maximum Gasteiger partial charge on any atom is 0.416 e. The molecule has 1 aliphatic carbocycles. The Morgan fingerprint density at radius 2 is 1.57 bits per heavy atom. The van der Waals surface area contributed by atoms with Gasteiger partial charge in [0.2, 0.25) is 17.7 Å². The van der Waals surface area contributed by atoms with Crippen LogP contribution >= 0.6 is 0 Å². The van der Waals surface area contributed by atoms with Crippen LogP contribution in [0.2, 0.25) is 0 Å². The van der Waals surface area contributed by atoms with Crippen molar-refractivity contribution in [1.29, 1.82) is 0 Å². The lowest BCUT2D eigenvalue weighted by molar-refractivity contribution is -0.143. The van der Waals surface area contributed by atoms with Gasteiger partial charge in [-0.15, -0.1) is 0 Å². The molecule has 0 N–H and O–H groups in total. The maximum absolute atomic E-state index is 14.0. The van der Waals surface area contributed by atoms with E-state index in [0.717, 1.165) is 28.2 Å². The molecule has 2 heterocycles. The smallest absolute Gasteiger partial charge is 0.378 e. The standard InChI is InChI=1S/C26H25F3N2O4/c1-15-12-16(2)14-19(13-15)31-21(32)20-24(3,22(31)33)25(20,23(34)30-8-10-35-11-9-30)17-4-6-18(7-5-17)26(27,28)29/h4-7,12-14,20H,8-11H2,1-3H3/t20-,24-,25-/m1/s1. The van der Waals surface area contributed by atoms with Gasteiger partial charge in [-0.3, -0.25) is 14.4 Å². The predicted molar refractivity (Wildman–Crippen MR) is 121 cm³/mol. The number of halogens is 3. The molecule has 2 saturated heterocycles. The van der Waals surface area contributed by atoms with Gasteiger partial charge in [0.05, 0.1) is 35.8 Å². The molecule has 0 spiro atoms. The highest BCUT2D eigenvalue weighted by atomic mass is 19.4. The quantitative estimate of drug-likeness (QED) is 0.622. The first-order valence-corrected chi connectivity index (χ1v) is 11.5.